The Bertz CT molecular complexity index is 1510. The number of aromatic nitrogens is 3. The number of carbonyl (C=O) groups is 1. The Labute approximate surface area is 188 Å². The van der Waals surface area contributed by atoms with Crippen molar-refractivity contribution in [1.82, 2.24) is 19.4 Å². The van der Waals surface area contributed by atoms with E-state index in [4.69, 9.17) is 9.97 Å². The molecule has 32 heavy (non-hydrogen) atoms. The zero-order valence-electron chi connectivity index (χ0n) is 17.2. The van der Waals surface area contributed by atoms with E-state index in [1.54, 1.807) is 5.01 Å². The molecular formula is C25H19N5OS. The van der Waals surface area contributed by atoms with E-state index in [2.05, 4.69) is 9.50 Å². The molecule has 0 bridgehead atoms. The fraction of sp³-hybridized carbons (Fsp3) is 0.120. The molecule has 0 fully saturated rings. The summed E-state index contributed by atoms with van der Waals surface area (Å²) in [6.45, 7) is 0.609. The molecule has 5 aromatic rings. The van der Waals surface area contributed by atoms with Crippen LogP contribution in [0.5, 0.6) is 0 Å². The van der Waals surface area contributed by atoms with Gasteiger partial charge in [-0.25, -0.2) is 15.0 Å². The Morgan fingerprint density at radius 3 is 2.50 bits per heavy atom. The van der Waals surface area contributed by atoms with Gasteiger partial charge in [0.1, 0.15) is 5.65 Å². The summed E-state index contributed by atoms with van der Waals surface area (Å²) in [6.07, 6.45) is 0.769. The van der Waals surface area contributed by atoms with Gasteiger partial charge in [-0.15, -0.1) is 0 Å². The van der Waals surface area contributed by atoms with Crippen molar-refractivity contribution in [3.63, 3.8) is 0 Å². The van der Waals surface area contributed by atoms with E-state index < -0.39 is 0 Å². The molecule has 0 atom stereocenters. The van der Waals surface area contributed by atoms with E-state index in [1.165, 1.54) is 11.8 Å². The highest BCUT2D eigenvalue weighted by atomic mass is 32.2. The zero-order chi connectivity index (χ0) is 21.5. The summed E-state index contributed by atoms with van der Waals surface area (Å²) in [7, 11) is 0. The molecule has 1 aliphatic rings. The molecule has 1 amide bonds. The van der Waals surface area contributed by atoms with Crippen molar-refractivity contribution in [3.8, 4) is 0 Å². The number of benzene rings is 3. The number of hydrazone groups is 1. The number of para-hydroxylation sites is 3. The van der Waals surface area contributed by atoms with Crippen molar-refractivity contribution >= 4 is 51.0 Å². The molecular weight excluding hydrogens is 418 g/mol. The van der Waals surface area contributed by atoms with Crippen LogP contribution in [0.1, 0.15) is 12.0 Å². The van der Waals surface area contributed by atoms with Crippen LogP contribution in [0, 0.1) is 0 Å². The number of rotatable bonds is 4. The van der Waals surface area contributed by atoms with Gasteiger partial charge in [0.15, 0.2) is 5.16 Å². The summed E-state index contributed by atoms with van der Waals surface area (Å²) in [5.41, 5.74) is 5.65. The van der Waals surface area contributed by atoms with E-state index in [-0.39, 0.29) is 11.7 Å². The molecule has 0 spiro atoms. The van der Waals surface area contributed by atoms with Crippen LogP contribution >= 0.6 is 11.8 Å². The monoisotopic (exact) mass is 437 g/mol. The van der Waals surface area contributed by atoms with Crippen molar-refractivity contribution < 1.29 is 4.79 Å². The van der Waals surface area contributed by atoms with Crippen molar-refractivity contribution in [2.75, 3.05) is 12.3 Å². The standard InChI is InChI=1S/C25H19N5OS/c31-23(29-15-14-19(28-29)17-8-2-1-3-9-17)16-32-25-27-20-11-5-4-10-18(20)24-26-21-12-6-7-13-22(21)30(24)25/h1-13H,14-16H2. The number of thioether (sulfide) groups is 1. The third kappa shape index (κ3) is 3.22. The highest BCUT2D eigenvalue weighted by molar-refractivity contribution is 7.99. The average molecular weight is 438 g/mol. The fourth-order valence-corrected chi connectivity index (χ4v) is 4.96. The molecule has 0 N–H and O–H groups in total. The van der Waals surface area contributed by atoms with E-state index in [9.17, 15) is 4.79 Å². The maximum atomic E-state index is 12.9. The lowest BCUT2D eigenvalue weighted by Crippen LogP contribution is -2.25. The molecule has 7 heteroatoms. The maximum absolute atomic E-state index is 12.9. The van der Waals surface area contributed by atoms with E-state index in [0.717, 1.165) is 50.4 Å². The van der Waals surface area contributed by atoms with Crippen LogP contribution in [0.25, 0.3) is 27.6 Å². The van der Waals surface area contributed by atoms with Crippen LogP contribution in [-0.4, -0.2) is 43.3 Å². The summed E-state index contributed by atoms with van der Waals surface area (Å²) < 4.78 is 2.05. The Hall–Kier alpha value is -3.71. The lowest BCUT2D eigenvalue weighted by molar-refractivity contribution is -0.127. The third-order valence-corrected chi connectivity index (χ3v) is 6.56. The lowest BCUT2D eigenvalue weighted by atomic mass is 10.1. The van der Waals surface area contributed by atoms with Gasteiger partial charge in [-0.2, -0.15) is 5.10 Å². The van der Waals surface area contributed by atoms with Crippen molar-refractivity contribution in [2.24, 2.45) is 5.10 Å². The number of nitrogens with zero attached hydrogens (tertiary/aromatic N) is 5. The number of amides is 1. The molecule has 1 aliphatic heterocycles. The van der Waals surface area contributed by atoms with Crippen molar-refractivity contribution in [1.29, 1.82) is 0 Å². The van der Waals surface area contributed by atoms with Gasteiger partial charge in [0.05, 0.1) is 34.6 Å². The lowest BCUT2D eigenvalue weighted by Gasteiger charge is -2.12. The Morgan fingerprint density at radius 1 is 0.875 bits per heavy atom. The predicted molar refractivity (Wildman–Crippen MR) is 128 cm³/mol. The topological polar surface area (TPSA) is 62.9 Å². The summed E-state index contributed by atoms with van der Waals surface area (Å²) in [5.74, 6) is 0.242. The van der Waals surface area contributed by atoms with Gasteiger partial charge in [-0.1, -0.05) is 66.4 Å². The first-order chi connectivity index (χ1) is 15.8. The van der Waals surface area contributed by atoms with Crippen LogP contribution in [0.2, 0.25) is 0 Å². The minimum absolute atomic E-state index is 0.0199. The fourth-order valence-electron chi connectivity index (χ4n) is 4.08. The first kappa shape index (κ1) is 19.0. The number of hydrogen-bond donors (Lipinski definition) is 0. The predicted octanol–water partition coefficient (Wildman–Crippen LogP) is 4.76. The van der Waals surface area contributed by atoms with Crippen LogP contribution in [-0.2, 0) is 4.79 Å². The quantitative estimate of drug-likeness (QED) is 0.300. The summed E-state index contributed by atoms with van der Waals surface area (Å²) in [4.78, 5) is 22.7. The first-order valence-corrected chi connectivity index (χ1v) is 11.5. The van der Waals surface area contributed by atoms with E-state index >= 15 is 0 Å². The number of carbonyl (C=O) groups excluding carboxylic acids is 1. The highest BCUT2D eigenvalue weighted by Gasteiger charge is 2.22. The maximum Gasteiger partial charge on any atom is 0.253 e. The average Bonchev–Trinajstić information content (AvgIpc) is 3.49. The van der Waals surface area contributed by atoms with Crippen LogP contribution in [0.3, 0.4) is 0 Å². The minimum atomic E-state index is -0.0199. The molecule has 0 saturated carbocycles. The van der Waals surface area contributed by atoms with Gasteiger partial charge >= 0.3 is 0 Å². The highest BCUT2D eigenvalue weighted by Crippen LogP contribution is 2.29. The molecule has 0 saturated heterocycles. The molecule has 3 aromatic carbocycles. The molecule has 6 nitrogen and oxygen atoms in total. The normalized spacial score (nSPS) is 13.9. The second kappa shape index (κ2) is 7.76. The van der Waals surface area contributed by atoms with Crippen LogP contribution in [0.4, 0.5) is 0 Å². The smallest absolute Gasteiger partial charge is 0.253 e. The van der Waals surface area contributed by atoms with E-state index in [1.807, 2.05) is 78.9 Å². The van der Waals surface area contributed by atoms with Gasteiger partial charge in [0.25, 0.3) is 5.91 Å². The molecule has 156 valence electrons. The number of fused-ring (bicyclic) bond motifs is 5. The van der Waals surface area contributed by atoms with Crippen LogP contribution in [0.15, 0.2) is 89.1 Å². The summed E-state index contributed by atoms with van der Waals surface area (Å²) in [6, 6.07) is 26.0. The molecule has 6 rings (SSSR count). The van der Waals surface area contributed by atoms with Gasteiger partial charge in [0, 0.05) is 11.8 Å². The third-order valence-electron chi connectivity index (χ3n) is 5.63. The largest absolute Gasteiger partial charge is 0.272 e. The van der Waals surface area contributed by atoms with Crippen LogP contribution < -0.4 is 0 Å². The van der Waals surface area contributed by atoms with Crippen molar-refractivity contribution in [2.45, 2.75) is 11.6 Å². The number of imidazole rings is 1. The second-order valence-corrected chi connectivity index (χ2v) is 8.58. The zero-order valence-corrected chi connectivity index (χ0v) is 18.0. The van der Waals surface area contributed by atoms with Gasteiger partial charge in [-0.05, 0) is 29.8 Å². The summed E-state index contributed by atoms with van der Waals surface area (Å²) >= 11 is 1.43. The van der Waals surface area contributed by atoms with E-state index in [0.29, 0.717) is 6.54 Å². The Balaban J connectivity index is 1.33. The SMILES string of the molecule is O=C(CSc1nc2ccccc2c2nc3ccccc3n12)N1CCC(c2ccccc2)=N1. The molecule has 0 unspecified atom stereocenters. The van der Waals surface area contributed by atoms with Gasteiger partial charge in [-0.3, -0.25) is 9.20 Å². The van der Waals surface area contributed by atoms with Crippen molar-refractivity contribution in [3.05, 3.63) is 84.4 Å². The van der Waals surface area contributed by atoms with Gasteiger partial charge in [0.2, 0.25) is 0 Å². The second-order valence-electron chi connectivity index (χ2n) is 7.64. The Kier molecular flexibility index (Phi) is 4.61. The minimum Gasteiger partial charge on any atom is -0.272 e. The first-order valence-electron chi connectivity index (χ1n) is 10.5. The molecule has 0 aliphatic carbocycles. The summed E-state index contributed by atoms with van der Waals surface area (Å²) in [5, 5.41) is 7.91. The molecule has 3 heterocycles. The Morgan fingerprint density at radius 2 is 1.62 bits per heavy atom. The number of hydrogen-bond acceptors (Lipinski definition) is 5. The van der Waals surface area contributed by atoms with Gasteiger partial charge < -0.3 is 0 Å². The molecule has 0 radical (unpaired) electrons. The molecule has 2 aromatic heterocycles.